The maximum absolute atomic E-state index is 12.9. The Morgan fingerprint density at radius 3 is 2.57 bits per heavy atom. The van der Waals surface area contributed by atoms with E-state index in [4.69, 9.17) is 4.98 Å². The molecule has 1 aliphatic heterocycles. The number of rotatable bonds is 3. The molecule has 1 amide bonds. The number of H-pyrrole nitrogens is 1. The summed E-state index contributed by atoms with van der Waals surface area (Å²) < 4.78 is 4.47. The average Bonchev–Trinajstić information content (AvgIpc) is 3.41. The Hall–Kier alpha value is -2.99. The molecule has 3 heterocycles. The molecule has 0 spiro atoms. The molecule has 1 fully saturated rings. The summed E-state index contributed by atoms with van der Waals surface area (Å²) in [5.41, 5.74) is 4.00. The van der Waals surface area contributed by atoms with Gasteiger partial charge in [-0.2, -0.15) is 4.37 Å². The van der Waals surface area contributed by atoms with Gasteiger partial charge in [-0.3, -0.25) is 4.79 Å². The van der Waals surface area contributed by atoms with Crippen LogP contribution in [0.3, 0.4) is 0 Å². The van der Waals surface area contributed by atoms with Crippen LogP contribution in [0, 0.1) is 0 Å². The second-order valence-electron chi connectivity index (χ2n) is 7.15. The van der Waals surface area contributed by atoms with Crippen LogP contribution in [0.15, 0.2) is 60.7 Å². The summed E-state index contributed by atoms with van der Waals surface area (Å²) >= 11 is 1.29. The van der Waals surface area contributed by atoms with Crippen molar-refractivity contribution in [3.63, 3.8) is 0 Å². The van der Waals surface area contributed by atoms with E-state index in [0.717, 1.165) is 54.0 Å². The van der Waals surface area contributed by atoms with Crippen molar-refractivity contribution < 1.29 is 4.79 Å². The molecule has 28 heavy (non-hydrogen) atoms. The zero-order chi connectivity index (χ0) is 18.9. The van der Waals surface area contributed by atoms with E-state index in [2.05, 4.69) is 15.4 Å². The van der Waals surface area contributed by atoms with Gasteiger partial charge in [0.15, 0.2) is 0 Å². The minimum atomic E-state index is 0.0859. The Bertz CT molecular complexity index is 1080. The standard InChI is InChI=1S/C22H20N4OS/c27-22(20-14-19(25-28-20)15-6-2-1-3-7-15)26-12-10-16(11-13-26)21-23-17-8-4-5-9-18(17)24-21/h1-9,14,16H,10-13H2,(H,23,24). The van der Waals surface area contributed by atoms with Crippen molar-refractivity contribution in [2.75, 3.05) is 13.1 Å². The normalized spacial score (nSPS) is 15.2. The maximum atomic E-state index is 12.9. The van der Waals surface area contributed by atoms with E-state index in [-0.39, 0.29) is 5.91 Å². The average molecular weight is 388 g/mol. The Balaban J connectivity index is 1.26. The van der Waals surface area contributed by atoms with Gasteiger partial charge in [0.25, 0.3) is 5.91 Å². The number of aromatic amines is 1. The lowest BCUT2D eigenvalue weighted by atomic mass is 9.96. The van der Waals surface area contributed by atoms with Gasteiger partial charge < -0.3 is 9.88 Å². The number of nitrogens with zero attached hydrogens (tertiary/aromatic N) is 3. The topological polar surface area (TPSA) is 61.9 Å². The van der Waals surface area contributed by atoms with Gasteiger partial charge in [0.1, 0.15) is 10.7 Å². The lowest BCUT2D eigenvalue weighted by Crippen LogP contribution is -2.37. The highest BCUT2D eigenvalue weighted by Crippen LogP contribution is 2.29. The molecule has 1 saturated heterocycles. The molecule has 1 N–H and O–H groups in total. The highest BCUT2D eigenvalue weighted by molar-refractivity contribution is 7.08. The van der Waals surface area contributed by atoms with Crippen molar-refractivity contribution in [1.29, 1.82) is 0 Å². The maximum Gasteiger partial charge on any atom is 0.265 e. The first-order chi connectivity index (χ1) is 13.8. The minimum Gasteiger partial charge on any atom is -0.342 e. The van der Waals surface area contributed by atoms with E-state index in [1.165, 1.54) is 11.5 Å². The van der Waals surface area contributed by atoms with Crippen LogP contribution in [0.1, 0.15) is 34.3 Å². The van der Waals surface area contributed by atoms with E-state index >= 15 is 0 Å². The number of hydrogen-bond acceptors (Lipinski definition) is 4. The number of aromatic nitrogens is 3. The van der Waals surface area contributed by atoms with Gasteiger partial charge in [0.05, 0.1) is 16.7 Å². The molecule has 0 radical (unpaired) electrons. The van der Waals surface area contributed by atoms with E-state index in [1.54, 1.807) is 0 Å². The predicted octanol–water partition coefficient (Wildman–Crippen LogP) is 4.71. The summed E-state index contributed by atoms with van der Waals surface area (Å²) in [5.74, 6) is 1.50. The van der Waals surface area contributed by atoms with Crippen LogP contribution in [-0.2, 0) is 0 Å². The number of benzene rings is 2. The van der Waals surface area contributed by atoms with Crippen LogP contribution >= 0.6 is 11.5 Å². The molecule has 6 heteroatoms. The van der Waals surface area contributed by atoms with Gasteiger partial charge >= 0.3 is 0 Å². The Morgan fingerprint density at radius 2 is 1.79 bits per heavy atom. The number of para-hydroxylation sites is 2. The molecule has 2 aromatic carbocycles. The van der Waals surface area contributed by atoms with Gasteiger partial charge in [-0.25, -0.2) is 4.98 Å². The Morgan fingerprint density at radius 1 is 1.04 bits per heavy atom. The molecule has 0 unspecified atom stereocenters. The zero-order valence-corrected chi connectivity index (χ0v) is 16.2. The highest BCUT2D eigenvalue weighted by Gasteiger charge is 2.27. The van der Waals surface area contributed by atoms with Crippen LogP contribution in [0.25, 0.3) is 22.3 Å². The van der Waals surface area contributed by atoms with Crippen molar-refractivity contribution in [3.8, 4) is 11.3 Å². The van der Waals surface area contributed by atoms with Gasteiger partial charge in [-0.1, -0.05) is 42.5 Å². The lowest BCUT2D eigenvalue weighted by Gasteiger charge is -2.30. The number of hydrogen-bond donors (Lipinski definition) is 1. The number of carbonyl (C=O) groups is 1. The third-order valence-corrected chi connectivity index (χ3v) is 6.14. The fraction of sp³-hybridized carbons (Fsp3) is 0.227. The largest absolute Gasteiger partial charge is 0.342 e. The van der Waals surface area contributed by atoms with Crippen LogP contribution in [0.2, 0.25) is 0 Å². The second-order valence-corrected chi connectivity index (χ2v) is 7.95. The van der Waals surface area contributed by atoms with Crippen molar-refractivity contribution in [3.05, 3.63) is 71.4 Å². The molecule has 1 aliphatic rings. The van der Waals surface area contributed by atoms with Gasteiger partial charge in [-0.05, 0) is 42.6 Å². The molecule has 0 bridgehead atoms. The van der Waals surface area contributed by atoms with Gasteiger partial charge in [0.2, 0.25) is 0 Å². The number of imidazole rings is 1. The lowest BCUT2D eigenvalue weighted by molar-refractivity contribution is 0.0716. The fourth-order valence-electron chi connectivity index (χ4n) is 3.80. The molecular formula is C22H20N4OS. The first-order valence-corrected chi connectivity index (χ1v) is 10.3. The van der Waals surface area contributed by atoms with E-state index in [9.17, 15) is 4.79 Å². The van der Waals surface area contributed by atoms with Crippen LogP contribution in [0.4, 0.5) is 0 Å². The smallest absolute Gasteiger partial charge is 0.265 e. The molecule has 5 nitrogen and oxygen atoms in total. The summed E-state index contributed by atoms with van der Waals surface area (Å²) in [6.07, 6.45) is 1.85. The molecule has 5 rings (SSSR count). The molecule has 2 aromatic heterocycles. The SMILES string of the molecule is O=C(c1cc(-c2ccccc2)ns1)N1CCC(c2nc3ccccc3[nH]2)CC1. The van der Waals surface area contributed by atoms with Gasteiger partial charge in [0, 0.05) is 24.6 Å². The Labute approximate surface area is 167 Å². The third-order valence-electron chi connectivity index (χ3n) is 5.37. The predicted molar refractivity (Wildman–Crippen MR) is 112 cm³/mol. The fourth-order valence-corrected chi connectivity index (χ4v) is 4.53. The van der Waals surface area contributed by atoms with Crippen molar-refractivity contribution in [2.45, 2.75) is 18.8 Å². The van der Waals surface area contributed by atoms with Crippen molar-refractivity contribution >= 4 is 28.5 Å². The molecular weight excluding hydrogens is 368 g/mol. The van der Waals surface area contributed by atoms with E-state index < -0.39 is 0 Å². The minimum absolute atomic E-state index is 0.0859. The third kappa shape index (κ3) is 3.20. The summed E-state index contributed by atoms with van der Waals surface area (Å²) in [7, 11) is 0. The van der Waals surface area contributed by atoms with Gasteiger partial charge in [-0.15, -0.1) is 0 Å². The first kappa shape index (κ1) is 17.1. The van der Waals surface area contributed by atoms with E-state index in [1.807, 2.05) is 59.5 Å². The number of nitrogens with one attached hydrogen (secondary N) is 1. The molecule has 0 aliphatic carbocycles. The van der Waals surface area contributed by atoms with Crippen LogP contribution in [-0.4, -0.2) is 38.2 Å². The number of piperidine rings is 1. The quantitative estimate of drug-likeness (QED) is 0.553. The van der Waals surface area contributed by atoms with E-state index in [0.29, 0.717) is 10.8 Å². The molecule has 140 valence electrons. The second kappa shape index (κ2) is 7.20. The number of fused-ring (bicyclic) bond motifs is 1. The highest BCUT2D eigenvalue weighted by atomic mass is 32.1. The number of amides is 1. The first-order valence-electron chi connectivity index (χ1n) is 9.54. The van der Waals surface area contributed by atoms with Crippen LogP contribution < -0.4 is 0 Å². The summed E-state index contributed by atoms with van der Waals surface area (Å²) in [4.78, 5) is 23.7. The monoisotopic (exact) mass is 388 g/mol. The zero-order valence-electron chi connectivity index (χ0n) is 15.3. The number of carbonyl (C=O) groups excluding carboxylic acids is 1. The Kier molecular flexibility index (Phi) is 4.41. The summed E-state index contributed by atoms with van der Waals surface area (Å²) in [6.45, 7) is 1.50. The molecule has 0 atom stereocenters. The summed E-state index contributed by atoms with van der Waals surface area (Å²) in [6, 6.07) is 20.0. The molecule has 4 aromatic rings. The van der Waals surface area contributed by atoms with Crippen LogP contribution in [0.5, 0.6) is 0 Å². The summed E-state index contributed by atoms with van der Waals surface area (Å²) in [5, 5.41) is 0. The van der Waals surface area contributed by atoms with Crippen molar-refractivity contribution in [1.82, 2.24) is 19.2 Å². The van der Waals surface area contributed by atoms with Crippen molar-refractivity contribution in [2.24, 2.45) is 0 Å². The number of likely N-dealkylation sites (tertiary alicyclic amines) is 1. The molecule has 0 saturated carbocycles.